The van der Waals surface area contributed by atoms with Crippen LogP contribution in [0, 0.1) is 0 Å². The van der Waals surface area contributed by atoms with Crippen molar-refractivity contribution in [2.45, 2.75) is 13.0 Å². The fourth-order valence-electron chi connectivity index (χ4n) is 0.907. The number of oxime groups is 1. The van der Waals surface area contributed by atoms with Gasteiger partial charge in [-0.25, -0.2) is 0 Å². The van der Waals surface area contributed by atoms with Crippen LogP contribution < -0.4 is 11.1 Å². The Morgan fingerprint density at radius 2 is 2.53 bits per heavy atom. The number of amides is 1. The van der Waals surface area contributed by atoms with Gasteiger partial charge in [0.05, 0.1) is 13.0 Å². The maximum atomic E-state index is 11.2. The molecular weight excluding hydrogens is 200 g/mol. The first-order valence-electron chi connectivity index (χ1n) is 4.19. The Kier molecular flexibility index (Phi) is 3.61. The summed E-state index contributed by atoms with van der Waals surface area (Å²) in [7, 11) is 1.77. The number of rotatable bonds is 4. The van der Waals surface area contributed by atoms with Crippen LogP contribution >= 0.6 is 0 Å². The van der Waals surface area contributed by atoms with Gasteiger partial charge in [-0.15, -0.1) is 10.2 Å². The van der Waals surface area contributed by atoms with Gasteiger partial charge in [0.1, 0.15) is 12.2 Å². The molecule has 8 heteroatoms. The van der Waals surface area contributed by atoms with Gasteiger partial charge in [-0.2, -0.15) is 0 Å². The van der Waals surface area contributed by atoms with E-state index in [9.17, 15) is 4.79 Å². The van der Waals surface area contributed by atoms with E-state index in [1.165, 1.54) is 6.33 Å². The van der Waals surface area contributed by atoms with Gasteiger partial charge in [-0.1, -0.05) is 5.16 Å². The Morgan fingerprint density at radius 1 is 1.80 bits per heavy atom. The minimum absolute atomic E-state index is 0.134. The number of aromatic nitrogens is 3. The lowest BCUT2D eigenvalue weighted by Crippen LogP contribution is -2.29. The van der Waals surface area contributed by atoms with E-state index in [-0.39, 0.29) is 24.7 Å². The molecule has 0 fully saturated rings. The first kappa shape index (κ1) is 11.0. The van der Waals surface area contributed by atoms with Gasteiger partial charge in [0, 0.05) is 7.05 Å². The van der Waals surface area contributed by atoms with E-state index in [0.29, 0.717) is 5.82 Å². The average Bonchev–Trinajstić information content (AvgIpc) is 2.61. The van der Waals surface area contributed by atoms with E-state index in [4.69, 9.17) is 10.9 Å². The van der Waals surface area contributed by atoms with Crippen LogP contribution in [0.5, 0.6) is 0 Å². The second-order valence-corrected chi connectivity index (χ2v) is 2.90. The topological polar surface area (TPSA) is 118 Å². The fraction of sp³-hybridized carbons (Fsp3) is 0.429. The molecular formula is C7H12N6O2. The van der Waals surface area contributed by atoms with Gasteiger partial charge in [-0.05, 0) is 0 Å². The lowest BCUT2D eigenvalue weighted by Gasteiger charge is -2.03. The summed E-state index contributed by atoms with van der Waals surface area (Å²) < 4.78 is 1.68. The predicted molar refractivity (Wildman–Crippen MR) is 50.9 cm³/mol. The van der Waals surface area contributed by atoms with E-state index in [2.05, 4.69) is 20.7 Å². The molecule has 4 N–H and O–H groups in total. The van der Waals surface area contributed by atoms with Crippen LogP contribution in [0.25, 0.3) is 0 Å². The normalized spacial score (nSPS) is 11.4. The molecule has 82 valence electrons. The van der Waals surface area contributed by atoms with Crippen molar-refractivity contribution in [1.82, 2.24) is 20.1 Å². The number of amidine groups is 1. The number of carbonyl (C=O) groups excluding carboxylic acids is 1. The Balaban J connectivity index is 2.38. The van der Waals surface area contributed by atoms with E-state index < -0.39 is 0 Å². The molecule has 1 heterocycles. The lowest BCUT2D eigenvalue weighted by atomic mass is 10.4. The monoisotopic (exact) mass is 212 g/mol. The Hall–Kier alpha value is -2.12. The summed E-state index contributed by atoms with van der Waals surface area (Å²) in [4.78, 5) is 11.2. The van der Waals surface area contributed by atoms with Crippen molar-refractivity contribution in [1.29, 1.82) is 0 Å². The van der Waals surface area contributed by atoms with Gasteiger partial charge in [-0.3, -0.25) is 4.79 Å². The third-order valence-corrected chi connectivity index (χ3v) is 1.72. The minimum atomic E-state index is -0.340. The van der Waals surface area contributed by atoms with Crippen LogP contribution in [0.3, 0.4) is 0 Å². The van der Waals surface area contributed by atoms with Gasteiger partial charge < -0.3 is 20.8 Å². The molecule has 1 rings (SSSR count). The Labute approximate surface area is 85.8 Å². The van der Waals surface area contributed by atoms with Gasteiger partial charge in [0.15, 0.2) is 5.82 Å². The molecule has 0 atom stereocenters. The third kappa shape index (κ3) is 3.25. The van der Waals surface area contributed by atoms with Crippen LogP contribution in [-0.4, -0.2) is 31.7 Å². The molecule has 0 aromatic carbocycles. The molecule has 0 spiro atoms. The number of carbonyl (C=O) groups is 1. The number of nitrogens with two attached hydrogens (primary N) is 1. The molecule has 15 heavy (non-hydrogen) atoms. The van der Waals surface area contributed by atoms with Crippen molar-refractivity contribution in [3.05, 3.63) is 12.2 Å². The number of aryl methyl sites for hydroxylation is 1. The SMILES string of the molecule is Cn1cnnc1CNC(=O)CC(N)=NO. The quantitative estimate of drug-likeness (QED) is 0.244. The highest BCUT2D eigenvalue weighted by molar-refractivity contribution is 5.98. The zero-order valence-electron chi connectivity index (χ0n) is 8.21. The van der Waals surface area contributed by atoms with Crippen molar-refractivity contribution in [2.75, 3.05) is 0 Å². The molecule has 0 saturated carbocycles. The second-order valence-electron chi connectivity index (χ2n) is 2.90. The zero-order chi connectivity index (χ0) is 11.3. The summed E-state index contributed by atoms with van der Waals surface area (Å²) in [5.41, 5.74) is 5.16. The van der Waals surface area contributed by atoms with Gasteiger partial charge >= 0.3 is 0 Å². The van der Waals surface area contributed by atoms with E-state index in [1.807, 2.05) is 0 Å². The molecule has 0 aliphatic heterocycles. The van der Waals surface area contributed by atoms with E-state index in [0.717, 1.165) is 0 Å². The van der Waals surface area contributed by atoms with Crippen molar-refractivity contribution in [2.24, 2.45) is 17.9 Å². The fourth-order valence-corrected chi connectivity index (χ4v) is 0.907. The van der Waals surface area contributed by atoms with Crippen LogP contribution in [-0.2, 0) is 18.4 Å². The molecule has 0 aliphatic carbocycles. The summed E-state index contributed by atoms with van der Waals surface area (Å²) in [6.45, 7) is 0.258. The Bertz CT molecular complexity index is 371. The molecule has 8 nitrogen and oxygen atoms in total. The summed E-state index contributed by atoms with van der Waals surface area (Å²) in [5.74, 6) is 0.154. The molecule has 0 radical (unpaired) electrons. The van der Waals surface area contributed by atoms with Crippen LogP contribution in [0.2, 0.25) is 0 Å². The maximum absolute atomic E-state index is 11.2. The summed E-state index contributed by atoms with van der Waals surface area (Å²) >= 11 is 0. The summed E-state index contributed by atoms with van der Waals surface area (Å²) in [6.07, 6.45) is 1.39. The lowest BCUT2D eigenvalue weighted by molar-refractivity contribution is -0.120. The van der Waals surface area contributed by atoms with Crippen LogP contribution in [0.15, 0.2) is 11.5 Å². The summed E-state index contributed by atoms with van der Waals surface area (Å²) in [6, 6.07) is 0. The average molecular weight is 212 g/mol. The number of nitrogens with one attached hydrogen (secondary N) is 1. The molecule has 1 aromatic rings. The van der Waals surface area contributed by atoms with Crippen molar-refractivity contribution >= 4 is 11.7 Å². The van der Waals surface area contributed by atoms with Crippen LogP contribution in [0.4, 0.5) is 0 Å². The molecule has 0 saturated heterocycles. The van der Waals surface area contributed by atoms with Gasteiger partial charge in [0.25, 0.3) is 0 Å². The summed E-state index contributed by atoms with van der Waals surface area (Å²) in [5, 5.41) is 20.9. The largest absolute Gasteiger partial charge is 0.409 e. The smallest absolute Gasteiger partial charge is 0.228 e. The molecule has 0 unspecified atom stereocenters. The van der Waals surface area contributed by atoms with Crippen molar-refractivity contribution in [3.63, 3.8) is 0 Å². The highest BCUT2D eigenvalue weighted by Crippen LogP contribution is 1.90. The van der Waals surface area contributed by atoms with E-state index in [1.54, 1.807) is 11.6 Å². The Morgan fingerprint density at radius 3 is 3.07 bits per heavy atom. The third-order valence-electron chi connectivity index (χ3n) is 1.72. The minimum Gasteiger partial charge on any atom is -0.409 e. The molecule has 0 bridgehead atoms. The first-order valence-corrected chi connectivity index (χ1v) is 4.19. The van der Waals surface area contributed by atoms with Gasteiger partial charge in [0.2, 0.25) is 5.91 Å². The zero-order valence-corrected chi connectivity index (χ0v) is 8.21. The predicted octanol–water partition coefficient (Wildman–Crippen LogP) is -1.43. The first-order chi connectivity index (χ1) is 7.13. The number of hydrogen-bond donors (Lipinski definition) is 3. The maximum Gasteiger partial charge on any atom is 0.228 e. The molecule has 0 aliphatic rings. The number of hydrogen-bond acceptors (Lipinski definition) is 5. The second kappa shape index (κ2) is 4.94. The van der Waals surface area contributed by atoms with Crippen LogP contribution in [0.1, 0.15) is 12.2 Å². The molecule has 1 amide bonds. The highest BCUT2D eigenvalue weighted by atomic mass is 16.4. The van der Waals surface area contributed by atoms with Crippen molar-refractivity contribution < 1.29 is 10.0 Å². The number of nitrogens with zero attached hydrogens (tertiary/aromatic N) is 4. The highest BCUT2D eigenvalue weighted by Gasteiger charge is 2.06. The van der Waals surface area contributed by atoms with E-state index >= 15 is 0 Å². The standard InChI is InChI=1S/C7H12N6O2/c1-13-4-10-11-6(13)3-9-7(14)2-5(8)12-15/h4,15H,2-3H2,1H3,(H2,8,12)(H,9,14). The molecule has 1 aromatic heterocycles. The van der Waals surface area contributed by atoms with Crippen molar-refractivity contribution in [3.8, 4) is 0 Å².